The normalized spacial score (nSPS) is 11.1. The van der Waals surface area contributed by atoms with Gasteiger partial charge < -0.3 is 15.1 Å². The molecule has 3 heterocycles. The lowest BCUT2D eigenvalue weighted by molar-refractivity contribution is 0.0695. The fraction of sp³-hybridized carbons (Fsp3) is 0. The Morgan fingerprint density at radius 2 is 2.18 bits per heavy atom. The van der Waals surface area contributed by atoms with Crippen molar-refractivity contribution in [3.63, 3.8) is 0 Å². The van der Waals surface area contributed by atoms with Gasteiger partial charge in [-0.05, 0) is 6.07 Å². The number of carbonyl (C=O) groups is 1. The second-order valence-electron chi connectivity index (χ2n) is 3.62. The molecule has 0 aromatic carbocycles. The molecule has 3 rings (SSSR count). The number of hydrogen-bond donors (Lipinski definition) is 3. The molecular formula is C11H7N3O3. The number of fused-ring (bicyclic) bond motifs is 3. The van der Waals surface area contributed by atoms with Gasteiger partial charge in [0.2, 0.25) is 5.43 Å². The van der Waals surface area contributed by atoms with E-state index in [0.29, 0.717) is 21.9 Å². The summed E-state index contributed by atoms with van der Waals surface area (Å²) < 4.78 is 0. The quantitative estimate of drug-likeness (QED) is 0.581. The summed E-state index contributed by atoms with van der Waals surface area (Å²) in [6.07, 6.45) is 4.35. The number of nitrogens with one attached hydrogen (secondary N) is 2. The Morgan fingerprint density at radius 1 is 1.35 bits per heavy atom. The molecular weight excluding hydrogens is 222 g/mol. The molecule has 0 bridgehead atoms. The predicted molar refractivity (Wildman–Crippen MR) is 61.2 cm³/mol. The molecule has 0 aliphatic heterocycles. The molecule has 0 amide bonds. The van der Waals surface area contributed by atoms with E-state index in [-0.39, 0.29) is 5.56 Å². The van der Waals surface area contributed by atoms with Crippen molar-refractivity contribution in [3.05, 3.63) is 40.4 Å². The number of carboxylic acid groups (broad SMARTS) is 1. The molecule has 0 aliphatic carbocycles. The third kappa shape index (κ3) is 1.24. The smallest absolute Gasteiger partial charge is 0.341 e. The molecule has 17 heavy (non-hydrogen) atoms. The third-order valence-corrected chi connectivity index (χ3v) is 2.66. The Balaban J connectivity index is 2.60. The lowest BCUT2D eigenvalue weighted by atomic mass is 10.1. The number of aromatic amines is 2. The van der Waals surface area contributed by atoms with Crippen LogP contribution in [0.5, 0.6) is 0 Å². The molecule has 0 saturated heterocycles. The van der Waals surface area contributed by atoms with E-state index in [1.165, 1.54) is 12.4 Å². The van der Waals surface area contributed by atoms with Crippen LogP contribution >= 0.6 is 0 Å². The number of pyridine rings is 2. The fourth-order valence-corrected chi connectivity index (χ4v) is 1.87. The zero-order valence-corrected chi connectivity index (χ0v) is 8.52. The first kappa shape index (κ1) is 9.59. The van der Waals surface area contributed by atoms with Gasteiger partial charge in [-0.3, -0.25) is 4.79 Å². The average Bonchev–Trinajstić information content (AvgIpc) is 2.76. The van der Waals surface area contributed by atoms with E-state index < -0.39 is 11.4 Å². The second-order valence-corrected chi connectivity index (χ2v) is 3.62. The van der Waals surface area contributed by atoms with Crippen LogP contribution in [0, 0.1) is 0 Å². The standard InChI is InChI=1S/C11H7N3O3/c15-9-6(11(16)17)3-13-7-4-14-10-5(8(7)9)1-2-12-10/h1-4H,(H,12,14)(H,13,15)(H,16,17). The van der Waals surface area contributed by atoms with Gasteiger partial charge in [-0.15, -0.1) is 0 Å². The van der Waals surface area contributed by atoms with Crippen molar-refractivity contribution in [2.24, 2.45) is 0 Å². The lowest BCUT2D eigenvalue weighted by Crippen LogP contribution is -2.15. The van der Waals surface area contributed by atoms with E-state index in [2.05, 4.69) is 15.0 Å². The minimum Gasteiger partial charge on any atom is -0.477 e. The van der Waals surface area contributed by atoms with Crippen LogP contribution in [0.4, 0.5) is 0 Å². The summed E-state index contributed by atoms with van der Waals surface area (Å²) in [6.45, 7) is 0. The van der Waals surface area contributed by atoms with E-state index in [9.17, 15) is 9.59 Å². The zero-order chi connectivity index (χ0) is 12.0. The van der Waals surface area contributed by atoms with E-state index in [0.717, 1.165) is 0 Å². The maximum absolute atomic E-state index is 12.0. The van der Waals surface area contributed by atoms with Gasteiger partial charge in [-0.1, -0.05) is 0 Å². The summed E-state index contributed by atoms with van der Waals surface area (Å²) in [5.41, 5.74) is 0.307. The van der Waals surface area contributed by atoms with Crippen molar-refractivity contribution in [2.75, 3.05) is 0 Å². The van der Waals surface area contributed by atoms with Gasteiger partial charge in [0.25, 0.3) is 0 Å². The van der Waals surface area contributed by atoms with Crippen molar-refractivity contribution < 1.29 is 9.90 Å². The van der Waals surface area contributed by atoms with E-state index in [4.69, 9.17) is 5.11 Å². The van der Waals surface area contributed by atoms with Crippen LogP contribution in [-0.4, -0.2) is 26.0 Å². The topological polar surface area (TPSA) is 98.8 Å². The first-order chi connectivity index (χ1) is 8.18. The maximum atomic E-state index is 12.0. The van der Waals surface area contributed by atoms with Crippen molar-refractivity contribution >= 4 is 27.9 Å². The maximum Gasteiger partial charge on any atom is 0.341 e. The molecule has 3 aromatic rings. The van der Waals surface area contributed by atoms with E-state index >= 15 is 0 Å². The van der Waals surface area contributed by atoms with Crippen LogP contribution in [0.15, 0.2) is 29.5 Å². The predicted octanol–water partition coefficient (Wildman–Crippen LogP) is 1.10. The number of nitrogens with zero attached hydrogens (tertiary/aromatic N) is 1. The molecule has 0 radical (unpaired) electrons. The van der Waals surface area contributed by atoms with Crippen molar-refractivity contribution in [3.8, 4) is 0 Å². The largest absolute Gasteiger partial charge is 0.477 e. The Hall–Kier alpha value is -2.63. The summed E-state index contributed by atoms with van der Waals surface area (Å²) in [6, 6.07) is 1.70. The number of aromatic carboxylic acids is 1. The summed E-state index contributed by atoms with van der Waals surface area (Å²) in [5, 5.41) is 9.87. The van der Waals surface area contributed by atoms with Gasteiger partial charge in [0.05, 0.1) is 17.1 Å². The number of hydrogen-bond acceptors (Lipinski definition) is 3. The van der Waals surface area contributed by atoms with Crippen molar-refractivity contribution in [2.45, 2.75) is 0 Å². The van der Waals surface area contributed by atoms with Crippen LogP contribution < -0.4 is 5.43 Å². The summed E-state index contributed by atoms with van der Waals surface area (Å²) in [7, 11) is 0. The minimum atomic E-state index is -1.24. The number of rotatable bonds is 1. The summed E-state index contributed by atoms with van der Waals surface area (Å²) >= 11 is 0. The first-order valence-corrected chi connectivity index (χ1v) is 4.89. The molecule has 6 nitrogen and oxygen atoms in total. The molecule has 3 aromatic heterocycles. The monoisotopic (exact) mass is 229 g/mol. The van der Waals surface area contributed by atoms with Crippen molar-refractivity contribution in [1.82, 2.24) is 15.0 Å². The molecule has 0 saturated carbocycles. The Bertz CT molecular complexity index is 800. The Kier molecular flexibility index (Phi) is 1.79. The summed E-state index contributed by atoms with van der Waals surface area (Å²) in [5.74, 6) is -1.24. The third-order valence-electron chi connectivity index (χ3n) is 2.66. The van der Waals surface area contributed by atoms with Gasteiger partial charge >= 0.3 is 5.97 Å². The number of carboxylic acids is 1. The highest BCUT2D eigenvalue weighted by Crippen LogP contribution is 2.18. The van der Waals surface area contributed by atoms with Crippen molar-refractivity contribution in [1.29, 1.82) is 0 Å². The van der Waals surface area contributed by atoms with Gasteiger partial charge in [0, 0.05) is 17.8 Å². The molecule has 3 N–H and O–H groups in total. The highest BCUT2D eigenvalue weighted by molar-refractivity contribution is 6.05. The molecule has 6 heteroatoms. The van der Waals surface area contributed by atoms with Gasteiger partial charge in [0.15, 0.2) is 0 Å². The molecule has 0 aliphatic rings. The highest BCUT2D eigenvalue weighted by Gasteiger charge is 2.14. The number of H-pyrrole nitrogens is 2. The van der Waals surface area contributed by atoms with Crippen LogP contribution in [0.25, 0.3) is 21.9 Å². The first-order valence-electron chi connectivity index (χ1n) is 4.89. The van der Waals surface area contributed by atoms with Crippen LogP contribution in [0.2, 0.25) is 0 Å². The van der Waals surface area contributed by atoms with Crippen LogP contribution in [0.3, 0.4) is 0 Å². The molecule has 0 unspecified atom stereocenters. The lowest BCUT2D eigenvalue weighted by Gasteiger charge is -2.00. The molecule has 0 atom stereocenters. The molecule has 0 fully saturated rings. The zero-order valence-electron chi connectivity index (χ0n) is 8.52. The van der Waals surface area contributed by atoms with Gasteiger partial charge in [-0.2, -0.15) is 0 Å². The minimum absolute atomic E-state index is 0.272. The SMILES string of the molecule is O=C(O)c1c[nH]c2cnc3[nH]ccc3c2c1=O. The number of aromatic nitrogens is 3. The second kappa shape index (κ2) is 3.18. The van der Waals surface area contributed by atoms with E-state index in [1.54, 1.807) is 12.3 Å². The van der Waals surface area contributed by atoms with Crippen LogP contribution in [0.1, 0.15) is 10.4 Å². The highest BCUT2D eigenvalue weighted by atomic mass is 16.4. The average molecular weight is 229 g/mol. The Labute approximate surface area is 93.9 Å². The molecule has 0 spiro atoms. The van der Waals surface area contributed by atoms with Gasteiger partial charge in [-0.25, -0.2) is 9.78 Å². The van der Waals surface area contributed by atoms with E-state index in [1.807, 2.05) is 0 Å². The fourth-order valence-electron chi connectivity index (χ4n) is 1.87. The van der Waals surface area contributed by atoms with Crippen LogP contribution in [-0.2, 0) is 0 Å². The van der Waals surface area contributed by atoms with Gasteiger partial charge in [0.1, 0.15) is 11.2 Å². The Morgan fingerprint density at radius 3 is 2.94 bits per heavy atom. The molecule has 84 valence electrons. The summed E-state index contributed by atoms with van der Waals surface area (Å²) in [4.78, 5) is 32.7.